The van der Waals surface area contributed by atoms with E-state index in [4.69, 9.17) is 5.11 Å². The van der Waals surface area contributed by atoms with Gasteiger partial charge in [0, 0.05) is 13.1 Å². The van der Waals surface area contributed by atoms with Crippen LogP contribution < -0.4 is 5.32 Å². The Kier molecular flexibility index (Phi) is 4.66. The Bertz CT molecular complexity index is 388. The van der Waals surface area contributed by atoms with Crippen LogP contribution in [-0.2, 0) is 6.54 Å². The van der Waals surface area contributed by atoms with Crippen molar-refractivity contribution in [1.82, 2.24) is 5.32 Å². The summed E-state index contributed by atoms with van der Waals surface area (Å²) in [4.78, 5) is 11.0. The van der Waals surface area contributed by atoms with Gasteiger partial charge in [0.25, 0.3) is 0 Å². The molecule has 0 saturated heterocycles. The van der Waals surface area contributed by atoms with Crippen LogP contribution in [0.25, 0.3) is 0 Å². The monoisotopic (exact) mass is 237 g/mol. The number of carboxylic acid groups (broad SMARTS) is 1. The van der Waals surface area contributed by atoms with Crippen molar-refractivity contribution in [3.05, 3.63) is 35.4 Å². The summed E-state index contributed by atoms with van der Waals surface area (Å²) in [5, 5.41) is 21.9. The van der Waals surface area contributed by atoms with E-state index in [0.717, 1.165) is 5.56 Å². The third-order valence-corrected chi connectivity index (χ3v) is 2.83. The van der Waals surface area contributed by atoms with Gasteiger partial charge in [0.05, 0.1) is 11.2 Å². The lowest BCUT2D eigenvalue weighted by molar-refractivity contribution is 0.0555. The average Bonchev–Trinajstić information content (AvgIpc) is 2.29. The first-order chi connectivity index (χ1) is 7.96. The number of carboxylic acids is 1. The van der Waals surface area contributed by atoms with Crippen LogP contribution in [0.3, 0.4) is 0 Å². The van der Waals surface area contributed by atoms with Crippen molar-refractivity contribution in [3.8, 4) is 0 Å². The molecule has 0 heterocycles. The summed E-state index contributed by atoms with van der Waals surface area (Å²) in [5.74, 6) is -0.926. The van der Waals surface area contributed by atoms with E-state index in [1.807, 2.05) is 6.92 Å². The summed E-state index contributed by atoms with van der Waals surface area (Å²) in [6.45, 7) is 4.55. The number of aromatic carboxylic acids is 1. The van der Waals surface area contributed by atoms with Gasteiger partial charge in [-0.25, -0.2) is 4.79 Å². The summed E-state index contributed by atoms with van der Waals surface area (Å²) in [5.41, 5.74) is 0.279. The van der Waals surface area contributed by atoms with E-state index in [0.29, 0.717) is 25.1 Å². The highest BCUT2D eigenvalue weighted by Crippen LogP contribution is 2.10. The minimum atomic E-state index is -0.926. The summed E-state index contributed by atoms with van der Waals surface area (Å²) in [6.07, 6.45) is 0.653. The Hall–Kier alpha value is -1.39. The fourth-order valence-electron chi connectivity index (χ4n) is 1.47. The molecule has 0 radical (unpaired) electrons. The molecule has 0 aromatic heterocycles. The molecule has 4 nitrogen and oxygen atoms in total. The molecule has 94 valence electrons. The topological polar surface area (TPSA) is 69.6 Å². The van der Waals surface area contributed by atoms with Gasteiger partial charge >= 0.3 is 5.97 Å². The van der Waals surface area contributed by atoms with E-state index in [1.54, 1.807) is 31.2 Å². The van der Waals surface area contributed by atoms with E-state index < -0.39 is 11.6 Å². The number of carbonyl (C=O) groups is 1. The quantitative estimate of drug-likeness (QED) is 0.703. The molecule has 3 N–H and O–H groups in total. The Morgan fingerprint density at radius 3 is 2.65 bits per heavy atom. The van der Waals surface area contributed by atoms with Crippen molar-refractivity contribution in [2.45, 2.75) is 32.4 Å². The van der Waals surface area contributed by atoms with Gasteiger partial charge in [-0.05, 0) is 25.0 Å². The maximum absolute atomic E-state index is 11.0. The van der Waals surface area contributed by atoms with E-state index in [2.05, 4.69) is 5.32 Å². The molecule has 0 fully saturated rings. The third kappa shape index (κ3) is 4.17. The van der Waals surface area contributed by atoms with Gasteiger partial charge in [-0.15, -0.1) is 0 Å². The molecule has 0 aliphatic carbocycles. The van der Waals surface area contributed by atoms with Crippen molar-refractivity contribution in [2.24, 2.45) is 0 Å². The molecule has 1 unspecified atom stereocenters. The summed E-state index contributed by atoms with van der Waals surface area (Å²) in [6, 6.07) is 6.87. The molecule has 0 spiro atoms. The predicted molar refractivity (Wildman–Crippen MR) is 66.0 cm³/mol. The van der Waals surface area contributed by atoms with Crippen LogP contribution in [0.5, 0.6) is 0 Å². The molecule has 0 aliphatic rings. The zero-order valence-corrected chi connectivity index (χ0v) is 10.2. The molecular weight excluding hydrogens is 218 g/mol. The van der Waals surface area contributed by atoms with Gasteiger partial charge < -0.3 is 15.5 Å². The van der Waals surface area contributed by atoms with Crippen LogP contribution in [0, 0.1) is 0 Å². The van der Waals surface area contributed by atoms with Crippen molar-refractivity contribution < 1.29 is 15.0 Å². The number of benzene rings is 1. The molecule has 1 rings (SSSR count). The SMILES string of the molecule is CCC(C)(O)CNCc1ccccc1C(=O)O. The number of aliphatic hydroxyl groups is 1. The van der Waals surface area contributed by atoms with Crippen LogP contribution in [0.1, 0.15) is 36.2 Å². The van der Waals surface area contributed by atoms with Crippen molar-refractivity contribution in [2.75, 3.05) is 6.54 Å². The van der Waals surface area contributed by atoms with Crippen LogP contribution in [0.15, 0.2) is 24.3 Å². The first-order valence-electron chi connectivity index (χ1n) is 5.70. The first-order valence-corrected chi connectivity index (χ1v) is 5.70. The maximum Gasteiger partial charge on any atom is 0.336 e. The average molecular weight is 237 g/mol. The number of rotatable bonds is 6. The van der Waals surface area contributed by atoms with Crippen molar-refractivity contribution in [3.63, 3.8) is 0 Å². The second-order valence-electron chi connectivity index (χ2n) is 4.42. The second kappa shape index (κ2) is 5.80. The van der Waals surface area contributed by atoms with Gasteiger partial charge in [0.2, 0.25) is 0 Å². The Morgan fingerprint density at radius 2 is 2.06 bits per heavy atom. The lowest BCUT2D eigenvalue weighted by Gasteiger charge is -2.21. The highest BCUT2D eigenvalue weighted by Gasteiger charge is 2.17. The Balaban J connectivity index is 2.61. The Morgan fingerprint density at radius 1 is 1.41 bits per heavy atom. The zero-order chi connectivity index (χ0) is 12.9. The maximum atomic E-state index is 11.0. The van der Waals surface area contributed by atoms with Gasteiger partial charge in [-0.3, -0.25) is 0 Å². The van der Waals surface area contributed by atoms with Crippen LogP contribution in [0.4, 0.5) is 0 Å². The van der Waals surface area contributed by atoms with Gasteiger partial charge in [-0.1, -0.05) is 25.1 Å². The lowest BCUT2D eigenvalue weighted by atomic mass is 10.0. The van der Waals surface area contributed by atoms with E-state index in [-0.39, 0.29) is 0 Å². The lowest BCUT2D eigenvalue weighted by Crippen LogP contribution is -2.36. The minimum absolute atomic E-state index is 0.302. The fraction of sp³-hybridized carbons (Fsp3) is 0.462. The highest BCUT2D eigenvalue weighted by atomic mass is 16.4. The van der Waals surface area contributed by atoms with Gasteiger partial charge in [-0.2, -0.15) is 0 Å². The smallest absolute Gasteiger partial charge is 0.336 e. The number of hydrogen-bond acceptors (Lipinski definition) is 3. The molecular formula is C13H19NO3. The molecule has 17 heavy (non-hydrogen) atoms. The molecule has 1 atom stereocenters. The molecule has 0 bridgehead atoms. The van der Waals surface area contributed by atoms with Crippen molar-refractivity contribution >= 4 is 5.97 Å². The van der Waals surface area contributed by atoms with E-state index in [9.17, 15) is 9.90 Å². The summed E-state index contributed by atoms with van der Waals surface area (Å²) < 4.78 is 0. The number of nitrogens with one attached hydrogen (secondary N) is 1. The van der Waals surface area contributed by atoms with E-state index >= 15 is 0 Å². The van der Waals surface area contributed by atoms with Crippen LogP contribution in [-0.4, -0.2) is 28.3 Å². The zero-order valence-electron chi connectivity index (χ0n) is 10.2. The van der Waals surface area contributed by atoms with E-state index in [1.165, 1.54) is 0 Å². The van der Waals surface area contributed by atoms with Gasteiger partial charge in [0.1, 0.15) is 0 Å². The van der Waals surface area contributed by atoms with Crippen LogP contribution in [0.2, 0.25) is 0 Å². The van der Waals surface area contributed by atoms with Gasteiger partial charge in [0.15, 0.2) is 0 Å². The largest absolute Gasteiger partial charge is 0.478 e. The first kappa shape index (κ1) is 13.7. The summed E-state index contributed by atoms with van der Waals surface area (Å²) >= 11 is 0. The fourth-order valence-corrected chi connectivity index (χ4v) is 1.47. The Labute approximate surface area is 101 Å². The van der Waals surface area contributed by atoms with Crippen LogP contribution >= 0.6 is 0 Å². The summed E-state index contributed by atoms with van der Waals surface area (Å²) in [7, 11) is 0. The molecule has 0 saturated carbocycles. The molecule has 1 aromatic rings. The number of hydrogen-bond donors (Lipinski definition) is 3. The standard InChI is InChI=1S/C13H19NO3/c1-3-13(2,17)9-14-8-10-6-4-5-7-11(10)12(15)16/h4-7,14,17H,3,8-9H2,1-2H3,(H,15,16). The molecule has 0 aliphatic heterocycles. The normalized spacial score (nSPS) is 14.3. The van der Waals surface area contributed by atoms with Crippen molar-refractivity contribution in [1.29, 1.82) is 0 Å². The molecule has 1 aromatic carbocycles. The highest BCUT2D eigenvalue weighted by molar-refractivity contribution is 5.89. The molecule has 0 amide bonds. The predicted octanol–water partition coefficient (Wildman–Crippen LogP) is 1.64. The molecule has 4 heteroatoms. The third-order valence-electron chi connectivity index (χ3n) is 2.83. The second-order valence-corrected chi connectivity index (χ2v) is 4.42. The minimum Gasteiger partial charge on any atom is -0.478 e.